The summed E-state index contributed by atoms with van der Waals surface area (Å²) >= 11 is 2.06. The monoisotopic (exact) mass is 614 g/mol. The van der Waals surface area contributed by atoms with Crippen molar-refractivity contribution in [2.45, 2.75) is 18.2 Å². The fraction of sp³-hybridized carbons (Fsp3) is 0.0769. The number of sulfonamides is 1. The van der Waals surface area contributed by atoms with Crippen LogP contribution in [0.5, 0.6) is 0 Å². The van der Waals surface area contributed by atoms with Crippen molar-refractivity contribution >= 4 is 60.5 Å². The maximum Gasteiger partial charge on any atom is 0.340 e. The number of halogens is 1. The molecule has 0 aliphatic heterocycles. The fourth-order valence-corrected chi connectivity index (χ4v) is 5.18. The molecule has 8 nitrogen and oxygen atoms in total. The second-order valence-electron chi connectivity index (χ2n) is 8.14. The topological polar surface area (TPSA) is 119 Å². The van der Waals surface area contributed by atoms with Crippen molar-refractivity contribution in [1.82, 2.24) is 10.3 Å². The third kappa shape index (κ3) is 4.66. The van der Waals surface area contributed by atoms with Gasteiger partial charge in [-0.15, -0.1) is 4.83 Å². The Morgan fingerprint density at radius 1 is 0.972 bits per heavy atom. The van der Waals surface area contributed by atoms with Gasteiger partial charge in [0.15, 0.2) is 0 Å². The number of hydrogen-bond acceptors (Lipinski definition) is 6. The van der Waals surface area contributed by atoms with E-state index in [-0.39, 0.29) is 16.9 Å². The minimum absolute atomic E-state index is 0.00275. The van der Waals surface area contributed by atoms with Gasteiger partial charge < -0.3 is 8.83 Å². The van der Waals surface area contributed by atoms with E-state index in [0.717, 1.165) is 20.1 Å². The minimum atomic E-state index is -3.97. The number of amides is 1. The molecule has 182 valence electrons. The summed E-state index contributed by atoms with van der Waals surface area (Å²) in [4.78, 5) is 27.3. The average molecular weight is 614 g/mol. The number of fused-ring (bicyclic) bond motifs is 2. The largest absolute Gasteiger partial charge is 0.464 e. The Morgan fingerprint density at radius 3 is 2.42 bits per heavy atom. The zero-order valence-corrected chi connectivity index (χ0v) is 21.8. The summed E-state index contributed by atoms with van der Waals surface area (Å²) in [6.07, 6.45) is 1.29. The van der Waals surface area contributed by atoms with Gasteiger partial charge in [-0.05, 0) is 71.0 Å². The average Bonchev–Trinajstić information content (AvgIpc) is 3.28. The maximum absolute atomic E-state index is 12.7. The lowest BCUT2D eigenvalue weighted by Gasteiger charge is -2.10. The first kappa shape index (κ1) is 24.2. The van der Waals surface area contributed by atoms with Crippen molar-refractivity contribution in [3.05, 3.63) is 98.1 Å². The second kappa shape index (κ2) is 9.52. The van der Waals surface area contributed by atoms with E-state index in [1.54, 1.807) is 31.4 Å². The molecule has 36 heavy (non-hydrogen) atoms. The standard InChI is InChI=1S/C26H19IN2O6S/c1-15-19-11-21-22(16-5-3-2-4-6-16)14-34-23(21)13-24(19)35-26(31)20(15)12-25(30)28-29-36(32,33)18-9-7-17(27)8-10-18/h2-11,13-14,29H,12H2,1H3,(H,28,30). The van der Waals surface area contributed by atoms with Gasteiger partial charge in [-0.1, -0.05) is 30.3 Å². The van der Waals surface area contributed by atoms with Crippen LogP contribution in [0.1, 0.15) is 11.1 Å². The zero-order chi connectivity index (χ0) is 25.4. The number of carbonyl (C=O) groups excluding carboxylic acids is 1. The molecule has 0 aliphatic carbocycles. The lowest BCUT2D eigenvalue weighted by atomic mass is 9.99. The van der Waals surface area contributed by atoms with Crippen LogP contribution < -0.4 is 15.9 Å². The number of aryl methyl sites for hydroxylation is 1. The van der Waals surface area contributed by atoms with Crippen LogP contribution in [0.25, 0.3) is 33.1 Å². The molecule has 0 radical (unpaired) electrons. The van der Waals surface area contributed by atoms with Crippen molar-refractivity contribution in [2.24, 2.45) is 0 Å². The van der Waals surface area contributed by atoms with E-state index in [1.807, 2.05) is 36.4 Å². The summed E-state index contributed by atoms with van der Waals surface area (Å²) in [5.41, 5.74) is 4.97. The zero-order valence-electron chi connectivity index (χ0n) is 18.9. The maximum atomic E-state index is 12.7. The van der Waals surface area contributed by atoms with Gasteiger partial charge in [0, 0.05) is 26.0 Å². The molecular formula is C26H19IN2O6S. The molecular weight excluding hydrogens is 595 g/mol. The molecule has 2 N–H and O–H groups in total. The first-order valence-electron chi connectivity index (χ1n) is 10.8. The highest BCUT2D eigenvalue weighted by atomic mass is 127. The SMILES string of the molecule is Cc1c(CC(=O)NNS(=O)(=O)c2ccc(I)cc2)c(=O)oc2cc3occ(-c4ccccc4)c3cc12. The van der Waals surface area contributed by atoms with Gasteiger partial charge in [0.25, 0.3) is 10.0 Å². The number of hydrogen-bond donors (Lipinski definition) is 2. The number of benzene rings is 3. The van der Waals surface area contributed by atoms with Crippen LogP contribution in [0, 0.1) is 10.5 Å². The molecule has 10 heteroatoms. The van der Waals surface area contributed by atoms with E-state index in [4.69, 9.17) is 8.83 Å². The Balaban J connectivity index is 1.44. The van der Waals surface area contributed by atoms with Crippen LogP contribution >= 0.6 is 22.6 Å². The quantitative estimate of drug-likeness (QED) is 0.163. The minimum Gasteiger partial charge on any atom is -0.464 e. The number of hydrazine groups is 1. The number of nitrogens with one attached hydrogen (secondary N) is 2. The van der Waals surface area contributed by atoms with Gasteiger partial charge in [0.2, 0.25) is 5.91 Å². The van der Waals surface area contributed by atoms with E-state index in [9.17, 15) is 18.0 Å². The molecule has 0 aliphatic rings. The van der Waals surface area contributed by atoms with Crippen LogP contribution in [0.15, 0.2) is 91.5 Å². The highest BCUT2D eigenvalue weighted by Crippen LogP contribution is 2.34. The van der Waals surface area contributed by atoms with E-state index in [1.165, 1.54) is 12.1 Å². The molecule has 2 aromatic heterocycles. The highest BCUT2D eigenvalue weighted by molar-refractivity contribution is 14.1. The van der Waals surface area contributed by atoms with Gasteiger partial charge in [-0.2, -0.15) is 0 Å². The molecule has 5 rings (SSSR count). The van der Waals surface area contributed by atoms with Crippen molar-refractivity contribution in [1.29, 1.82) is 0 Å². The van der Waals surface area contributed by atoms with E-state index < -0.39 is 21.6 Å². The summed E-state index contributed by atoms with van der Waals surface area (Å²) < 4.78 is 36.9. The third-order valence-corrected chi connectivity index (χ3v) is 7.84. The van der Waals surface area contributed by atoms with Gasteiger partial charge in [-0.3, -0.25) is 10.2 Å². The molecule has 0 fully saturated rings. The normalized spacial score (nSPS) is 11.7. The molecule has 2 heterocycles. The van der Waals surface area contributed by atoms with Crippen LogP contribution in [-0.4, -0.2) is 14.3 Å². The highest BCUT2D eigenvalue weighted by Gasteiger charge is 2.19. The molecule has 0 saturated carbocycles. The summed E-state index contributed by atoms with van der Waals surface area (Å²) in [5.74, 6) is -0.701. The number of furan rings is 1. The smallest absolute Gasteiger partial charge is 0.340 e. The van der Waals surface area contributed by atoms with E-state index >= 15 is 0 Å². The Morgan fingerprint density at radius 2 is 1.69 bits per heavy atom. The fourth-order valence-electron chi connectivity index (χ4n) is 3.96. The van der Waals surface area contributed by atoms with Crippen molar-refractivity contribution in [2.75, 3.05) is 0 Å². The Bertz CT molecular complexity index is 1780. The summed E-state index contributed by atoms with van der Waals surface area (Å²) in [7, 11) is -3.97. The van der Waals surface area contributed by atoms with E-state index in [0.29, 0.717) is 22.1 Å². The summed E-state index contributed by atoms with van der Waals surface area (Å²) in [6, 6.07) is 19.4. The van der Waals surface area contributed by atoms with Crippen molar-refractivity contribution < 1.29 is 22.0 Å². The van der Waals surface area contributed by atoms with Crippen LogP contribution in [0.3, 0.4) is 0 Å². The molecule has 0 unspecified atom stereocenters. The third-order valence-electron chi connectivity index (χ3n) is 5.85. The number of rotatable bonds is 6. The first-order valence-corrected chi connectivity index (χ1v) is 13.4. The lowest BCUT2D eigenvalue weighted by molar-refractivity contribution is -0.120. The second-order valence-corrected chi connectivity index (χ2v) is 11.1. The molecule has 0 saturated heterocycles. The molecule has 0 spiro atoms. The van der Waals surface area contributed by atoms with Crippen molar-refractivity contribution in [3.8, 4) is 11.1 Å². The van der Waals surface area contributed by atoms with Gasteiger partial charge in [-0.25, -0.2) is 13.2 Å². The number of carbonyl (C=O) groups is 1. The van der Waals surface area contributed by atoms with Crippen LogP contribution in [0.2, 0.25) is 0 Å². The Labute approximate surface area is 219 Å². The lowest BCUT2D eigenvalue weighted by Crippen LogP contribution is -2.42. The molecule has 0 atom stereocenters. The van der Waals surface area contributed by atoms with Gasteiger partial charge in [0.1, 0.15) is 11.2 Å². The van der Waals surface area contributed by atoms with Crippen LogP contribution in [-0.2, 0) is 21.2 Å². The van der Waals surface area contributed by atoms with Crippen molar-refractivity contribution in [3.63, 3.8) is 0 Å². The first-order chi connectivity index (χ1) is 17.2. The summed E-state index contributed by atoms with van der Waals surface area (Å²) in [6.45, 7) is 1.73. The molecule has 0 bridgehead atoms. The predicted octanol–water partition coefficient (Wildman–Crippen LogP) is 4.67. The molecule has 3 aromatic carbocycles. The van der Waals surface area contributed by atoms with Gasteiger partial charge >= 0.3 is 5.63 Å². The summed E-state index contributed by atoms with van der Waals surface area (Å²) in [5, 5.41) is 1.49. The van der Waals surface area contributed by atoms with Gasteiger partial charge in [0.05, 0.1) is 23.1 Å². The molecule has 5 aromatic rings. The Hall–Kier alpha value is -3.48. The van der Waals surface area contributed by atoms with Crippen LogP contribution in [0.4, 0.5) is 0 Å². The molecule has 1 amide bonds. The predicted molar refractivity (Wildman–Crippen MR) is 144 cm³/mol. The Kier molecular flexibility index (Phi) is 6.41. The van der Waals surface area contributed by atoms with E-state index in [2.05, 4.69) is 32.8 Å².